The summed E-state index contributed by atoms with van der Waals surface area (Å²) < 4.78 is 14.0. The SMILES string of the molecule is CCCN(Cc1cccc(N)c1)Cc1ccc(F)cc1Br. The molecule has 0 radical (unpaired) electrons. The number of nitrogens with two attached hydrogens (primary N) is 1. The molecular weight excluding hydrogens is 331 g/mol. The third-order valence-corrected chi connectivity index (χ3v) is 4.04. The number of benzene rings is 2. The fourth-order valence-corrected chi connectivity index (χ4v) is 2.85. The van der Waals surface area contributed by atoms with Crippen molar-refractivity contribution < 1.29 is 4.39 Å². The summed E-state index contributed by atoms with van der Waals surface area (Å²) in [7, 11) is 0. The molecule has 0 heterocycles. The molecule has 0 saturated carbocycles. The van der Waals surface area contributed by atoms with Crippen molar-refractivity contribution in [3.63, 3.8) is 0 Å². The van der Waals surface area contributed by atoms with Crippen LogP contribution in [0.2, 0.25) is 0 Å². The van der Waals surface area contributed by atoms with Crippen LogP contribution in [-0.4, -0.2) is 11.4 Å². The first kappa shape index (κ1) is 16.0. The molecule has 112 valence electrons. The van der Waals surface area contributed by atoms with E-state index in [-0.39, 0.29) is 5.82 Å². The lowest BCUT2D eigenvalue weighted by molar-refractivity contribution is 0.257. The molecule has 0 unspecified atom stereocenters. The molecule has 0 spiro atoms. The fourth-order valence-electron chi connectivity index (χ4n) is 2.37. The molecule has 2 rings (SSSR count). The van der Waals surface area contributed by atoms with Gasteiger partial charge in [-0.15, -0.1) is 0 Å². The zero-order chi connectivity index (χ0) is 15.2. The Kier molecular flexibility index (Phi) is 5.76. The highest BCUT2D eigenvalue weighted by Crippen LogP contribution is 2.21. The van der Waals surface area contributed by atoms with Crippen molar-refractivity contribution in [2.75, 3.05) is 12.3 Å². The third kappa shape index (κ3) is 4.83. The van der Waals surface area contributed by atoms with Gasteiger partial charge in [0, 0.05) is 23.2 Å². The normalized spacial score (nSPS) is 11.0. The third-order valence-electron chi connectivity index (χ3n) is 3.31. The van der Waals surface area contributed by atoms with E-state index < -0.39 is 0 Å². The number of rotatable bonds is 6. The molecular formula is C17H20BrFN2. The van der Waals surface area contributed by atoms with Gasteiger partial charge in [0.05, 0.1) is 0 Å². The van der Waals surface area contributed by atoms with Gasteiger partial charge in [-0.3, -0.25) is 4.90 Å². The van der Waals surface area contributed by atoms with Gasteiger partial charge in [-0.25, -0.2) is 4.39 Å². The minimum atomic E-state index is -0.219. The molecule has 0 amide bonds. The second-order valence-corrected chi connectivity index (χ2v) is 6.05. The average molecular weight is 351 g/mol. The molecule has 0 bridgehead atoms. The maximum atomic E-state index is 13.2. The highest BCUT2D eigenvalue weighted by Gasteiger charge is 2.09. The van der Waals surface area contributed by atoms with E-state index in [9.17, 15) is 4.39 Å². The van der Waals surface area contributed by atoms with Crippen LogP contribution in [0, 0.1) is 5.82 Å². The predicted molar refractivity (Wildman–Crippen MR) is 89.4 cm³/mol. The van der Waals surface area contributed by atoms with Crippen molar-refractivity contribution in [3.8, 4) is 0 Å². The second-order valence-electron chi connectivity index (χ2n) is 5.19. The van der Waals surface area contributed by atoms with Gasteiger partial charge in [0.15, 0.2) is 0 Å². The summed E-state index contributed by atoms with van der Waals surface area (Å²) in [6, 6.07) is 12.8. The first-order chi connectivity index (χ1) is 10.1. The maximum Gasteiger partial charge on any atom is 0.124 e. The molecule has 0 aliphatic rings. The quantitative estimate of drug-likeness (QED) is 0.772. The van der Waals surface area contributed by atoms with E-state index in [2.05, 4.69) is 33.8 Å². The number of halogens is 2. The molecule has 0 aliphatic heterocycles. The number of nitrogens with zero attached hydrogens (tertiary/aromatic N) is 1. The van der Waals surface area contributed by atoms with E-state index >= 15 is 0 Å². The van der Waals surface area contributed by atoms with Gasteiger partial charge in [-0.1, -0.05) is 41.1 Å². The number of anilines is 1. The van der Waals surface area contributed by atoms with E-state index in [1.54, 1.807) is 0 Å². The van der Waals surface area contributed by atoms with E-state index in [1.807, 2.05) is 24.3 Å². The van der Waals surface area contributed by atoms with E-state index in [1.165, 1.54) is 17.7 Å². The number of nitrogen functional groups attached to an aromatic ring is 1. The first-order valence-electron chi connectivity index (χ1n) is 7.09. The lowest BCUT2D eigenvalue weighted by Gasteiger charge is -2.22. The summed E-state index contributed by atoms with van der Waals surface area (Å²) in [6.45, 7) is 4.76. The summed E-state index contributed by atoms with van der Waals surface area (Å²) in [5.41, 5.74) is 8.91. The van der Waals surface area contributed by atoms with Crippen molar-refractivity contribution in [2.45, 2.75) is 26.4 Å². The lowest BCUT2D eigenvalue weighted by Crippen LogP contribution is -2.24. The largest absolute Gasteiger partial charge is 0.399 e. The Balaban J connectivity index is 2.11. The zero-order valence-corrected chi connectivity index (χ0v) is 13.7. The summed E-state index contributed by atoms with van der Waals surface area (Å²) in [5, 5.41) is 0. The molecule has 0 aliphatic carbocycles. The smallest absolute Gasteiger partial charge is 0.124 e. The van der Waals surface area contributed by atoms with Crippen molar-refractivity contribution in [1.82, 2.24) is 4.90 Å². The summed E-state index contributed by atoms with van der Waals surface area (Å²) >= 11 is 3.44. The zero-order valence-electron chi connectivity index (χ0n) is 12.2. The van der Waals surface area contributed by atoms with Crippen molar-refractivity contribution in [1.29, 1.82) is 0 Å². The summed E-state index contributed by atoms with van der Waals surface area (Å²) in [4.78, 5) is 2.34. The van der Waals surface area contributed by atoms with Crippen LogP contribution < -0.4 is 5.73 Å². The van der Waals surface area contributed by atoms with Gasteiger partial charge in [-0.2, -0.15) is 0 Å². The second kappa shape index (κ2) is 7.57. The fraction of sp³-hybridized carbons (Fsp3) is 0.294. The maximum absolute atomic E-state index is 13.2. The van der Waals surface area contributed by atoms with Crippen molar-refractivity contribution >= 4 is 21.6 Å². The molecule has 2 aromatic rings. The van der Waals surface area contributed by atoms with Crippen molar-refractivity contribution in [2.24, 2.45) is 0 Å². The Morgan fingerprint density at radius 3 is 2.62 bits per heavy atom. The average Bonchev–Trinajstić information content (AvgIpc) is 2.42. The van der Waals surface area contributed by atoms with Crippen LogP contribution in [0.1, 0.15) is 24.5 Å². The van der Waals surface area contributed by atoms with Crippen LogP contribution in [0.25, 0.3) is 0 Å². The highest BCUT2D eigenvalue weighted by molar-refractivity contribution is 9.10. The monoisotopic (exact) mass is 350 g/mol. The van der Waals surface area contributed by atoms with Gasteiger partial charge < -0.3 is 5.73 Å². The Morgan fingerprint density at radius 1 is 1.14 bits per heavy atom. The van der Waals surface area contributed by atoms with E-state index in [4.69, 9.17) is 5.73 Å². The van der Waals surface area contributed by atoms with Gasteiger partial charge in [0.1, 0.15) is 5.82 Å². The molecule has 2 N–H and O–H groups in total. The van der Waals surface area contributed by atoms with Gasteiger partial charge in [-0.05, 0) is 48.4 Å². The standard InChI is InChI=1S/C17H20BrFN2/c1-2-8-21(11-13-4-3-5-16(20)9-13)12-14-6-7-15(19)10-17(14)18/h3-7,9-10H,2,8,11-12,20H2,1H3. The van der Waals surface area contributed by atoms with Crippen LogP contribution in [0.5, 0.6) is 0 Å². The predicted octanol–water partition coefficient (Wildman–Crippen LogP) is 4.58. The molecule has 4 heteroatoms. The van der Waals surface area contributed by atoms with Crippen LogP contribution >= 0.6 is 15.9 Å². The molecule has 21 heavy (non-hydrogen) atoms. The topological polar surface area (TPSA) is 29.3 Å². The van der Waals surface area contributed by atoms with Crippen molar-refractivity contribution in [3.05, 3.63) is 63.9 Å². The van der Waals surface area contributed by atoms with Crippen LogP contribution in [0.4, 0.5) is 10.1 Å². The van der Waals surface area contributed by atoms with Gasteiger partial charge >= 0.3 is 0 Å². The molecule has 2 aromatic carbocycles. The van der Waals surface area contributed by atoms with Gasteiger partial charge in [0.2, 0.25) is 0 Å². The molecule has 0 aromatic heterocycles. The Hall–Kier alpha value is -1.39. The molecule has 0 atom stereocenters. The van der Waals surface area contributed by atoms with Crippen LogP contribution in [-0.2, 0) is 13.1 Å². The molecule has 2 nitrogen and oxygen atoms in total. The highest BCUT2D eigenvalue weighted by atomic mass is 79.9. The summed E-state index contributed by atoms with van der Waals surface area (Å²) in [6.07, 6.45) is 1.07. The van der Waals surface area contributed by atoms with E-state index in [0.29, 0.717) is 0 Å². The Bertz CT molecular complexity index is 601. The summed E-state index contributed by atoms with van der Waals surface area (Å²) in [5.74, 6) is -0.219. The minimum Gasteiger partial charge on any atom is -0.399 e. The first-order valence-corrected chi connectivity index (χ1v) is 7.88. The van der Waals surface area contributed by atoms with Gasteiger partial charge in [0.25, 0.3) is 0 Å². The number of hydrogen-bond donors (Lipinski definition) is 1. The van der Waals surface area contributed by atoms with Crippen LogP contribution in [0.15, 0.2) is 46.9 Å². The number of hydrogen-bond acceptors (Lipinski definition) is 2. The Morgan fingerprint density at radius 2 is 1.95 bits per heavy atom. The van der Waals surface area contributed by atoms with Crippen LogP contribution in [0.3, 0.4) is 0 Å². The molecule has 0 fully saturated rings. The molecule has 0 saturated heterocycles. The van der Waals surface area contributed by atoms with E-state index in [0.717, 1.165) is 41.8 Å². The lowest BCUT2D eigenvalue weighted by atomic mass is 10.1. The Labute approximate surface area is 133 Å². The minimum absolute atomic E-state index is 0.219.